The molecule has 1 atom stereocenters. The topological polar surface area (TPSA) is 69.9 Å². The number of hydrogen-bond donors (Lipinski definition) is 0. The largest absolute Gasteiger partial charge is 0.488 e. The monoisotopic (exact) mass is 686 g/mol. The van der Waals surface area contributed by atoms with Crippen LogP contribution in [0.2, 0.25) is 10.0 Å². The molecule has 1 aliphatic heterocycles. The van der Waals surface area contributed by atoms with E-state index in [9.17, 15) is 9.59 Å². The zero-order chi connectivity index (χ0) is 32.2. The Balaban J connectivity index is 1.51. The van der Waals surface area contributed by atoms with Gasteiger partial charge >= 0.3 is 5.97 Å². The number of para-hydroxylation sites is 1. The first-order chi connectivity index (χ1) is 22.4. The summed E-state index contributed by atoms with van der Waals surface area (Å²) >= 11 is 15.3. The van der Waals surface area contributed by atoms with Gasteiger partial charge in [0.25, 0.3) is 5.56 Å². The van der Waals surface area contributed by atoms with Gasteiger partial charge in [0.2, 0.25) is 0 Å². The van der Waals surface area contributed by atoms with Crippen LogP contribution in [0, 0.1) is 0 Å². The molecule has 0 radical (unpaired) electrons. The zero-order valence-corrected chi connectivity index (χ0v) is 28.1. The summed E-state index contributed by atoms with van der Waals surface area (Å²) in [6.45, 7) is 2.17. The molecule has 0 bridgehead atoms. The second-order valence-corrected chi connectivity index (χ2v) is 13.0. The number of hydrogen-bond acceptors (Lipinski definition) is 7. The number of ether oxygens (including phenoxy) is 2. The van der Waals surface area contributed by atoms with Gasteiger partial charge in [-0.25, -0.2) is 9.79 Å². The SMILES string of the molecule is CCOC(=O)C1=C(c2ccccc2)N=c2s/c(=C/c3ccccc3OCc3ccc(Cl)cc3Cl)c(=O)n2[C@@H]1c1ccc(SC)cc1. The van der Waals surface area contributed by atoms with Crippen LogP contribution in [0.15, 0.2) is 117 Å². The molecule has 6 rings (SSSR count). The lowest BCUT2D eigenvalue weighted by atomic mass is 9.93. The number of thiazole rings is 1. The lowest BCUT2D eigenvalue weighted by Gasteiger charge is -2.26. The van der Waals surface area contributed by atoms with E-state index in [1.165, 1.54) is 11.3 Å². The van der Waals surface area contributed by atoms with Gasteiger partial charge in [-0.15, -0.1) is 11.8 Å². The second kappa shape index (κ2) is 14.1. The van der Waals surface area contributed by atoms with Crippen molar-refractivity contribution in [3.8, 4) is 5.75 Å². The number of carbonyl (C=O) groups is 1. The fourth-order valence-corrected chi connectivity index (χ4v) is 7.07. The Kier molecular flexibility index (Phi) is 9.80. The molecule has 10 heteroatoms. The number of thioether (sulfide) groups is 1. The highest BCUT2D eigenvalue weighted by atomic mass is 35.5. The number of aromatic nitrogens is 1. The van der Waals surface area contributed by atoms with Gasteiger partial charge in [-0.2, -0.15) is 0 Å². The molecule has 0 spiro atoms. The number of halogens is 2. The van der Waals surface area contributed by atoms with Crippen LogP contribution in [0.25, 0.3) is 11.8 Å². The van der Waals surface area contributed by atoms with Crippen LogP contribution in [0.5, 0.6) is 5.75 Å². The first-order valence-electron chi connectivity index (χ1n) is 14.5. The summed E-state index contributed by atoms with van der Waals surface area (Å²) in [4.78, 5) is 34.5. The van der Waals surface area contributed by atoms with Crippen molar-refractivity contribution in [3.05, 3.63) is 155 Å². The van der Waals surface area contributed by atoms with E-state index in [-0.39, 0.29) is 18.8 Å². The second-order valence-electron chi connectivity index (χ2n) is 10.3. The lowest BCUT2D eigenvalue weighted by molar-refractivity contribution is -0.138. The molecule has 1 aromatic heterocycles. The van der Waals surface area contributed by atoms with Crippen molar-refractivity contribution in [1.82, 2.24) is 4.57 Å². The van der Waals surface area contributed by atoms with Crippen LogP contribution >= 0.6 is 46.3 Å². The minimum absolute atomic E-state index is 0.185. The molecule has 1 aliphatic rings. The fraction of sp³-hybridized carbons (Fsp3) is 0.139. The Hall–Kier alpha value is -4.08. The molecule has 0 fully saturated rings. The first-order valence-corrected chi connectivity index (χ1v) is 17.3. The molecular formula is C36H28Cl2N2O4S2. The molecule has 4 aromatic carbocycles. The van der Waals surface area contributed by atoms with Crippen molar-refractivity contribution in [2.45, 2.75) is 24.5 Å². The number of rotatable bonds is 9. The molecule has 2 heterocycles. The third-order valence-electron chi connectivity index (χ3n) is 7.41. The van der Waals surface area contributed by atoms with Crippen molar-refractivity contribution in [2.75, 3.05) is 12.9 Å². The lowest BCUT2D eigenvalue weighted by Crippen LogP contribution is -2.40. The fourth-order valence-electron chi connectivity index (χ4n) is 5.21. The number of benzene rings is 4. The van der Waals surface area contributed by atoms with Gasteiger partial charge in [0, 0.05) is 31.6 Å². The zero-order valence-electron chi connectivity index (χ0n) is 24.9. The van der Waals surface area contributed by atoms with Crippen LogP contribution in [0.4, 0.5) is 0 Å². The van der Waals surface area contributed by atoms with E-state index in [0.29, 0.717) is 42.0 Å². The number of esters is 1. The van der Waals surface area contributed by atoms with Gasteiger partial charge in [-0.05, 0) is 55.2 Å². The number of fused-ring (bicyclic) bond motifs is 1. The highest BCUT2D eigenvalue weighted by Crippen LogP contribution is 2.36. The predicted octanol–water partition coefficient (Wildman–Crippen LogP) is 7.54. The molecule has 46 heavy (non-hydrogen) atoms. The van der Waals surface area contributed by atoms with Crippen LogP contribution in [0.3, 0.4) is 0 Å². The van der Waals surface area contributed by atoms with Crippen LogP contribution < -0.4 is 19.6 Å². The Bertz CT molecular complexity index is 2120. The highest BCUT2D eigenvalue weighted by molar-refractivity contribution is 7.98. The van der Waals surface area contributed by atoms with Crippen molar-refractivity contribution < 1.29 is 14.3 Å². The van der Waals surface area contributed by atoms with Crippen molar-refractivity contribution in [1.29, 1.82) is 0 Å². The molecule has 0 aliphatic carbocycles. The molecule has 6 nitrogen and oxygen atoms in total. The number of nitrogens with zero attached hydrogens (tertiary/aromatic N) is 2. The highest BCUT2D eigenvalue weighted by Gasteiger charge is 2.35. The molecule has 5 aromatic rings. The van der Waals surface area contributed by atoms with Crippen molar-refractivity contribution in [2.24, 2.45) is 4.99 Å². The third-order valence-corrected chi connectivity index (χ3v) is 9.72. The van der Waals surface area contributed by atoms with E-state index in [2.05, 4.69) is 0 Å². The van der Waals surface area contributed by atoms with Gasteiger partial charge in [0.05, 0.1) is 28.5 Å². The average molecular weight is 688 g/mol. The molecule has 0 saturated heterocycles. The molecular weight excluding hydrogens is 659 g/mol. The van der Waals surface area contributed by atoms with E-state index in [0.717, 1.165) is 21.6 Å². The summed E-state index contributed by atoms with van der Waals surface area (Å²) in [6, 6.07) is 29.4. The van der Waals surface area contributed by atoms with Gasteiger partial charge in [-0.3, -0.25) is 9.36 Å². The Morgan fingerprint density at radius 3 is 2.46 bits per heavy atom. The van der Waals surface area contributed by atoms with Gasteiger partial charge in [0.15, 0.2) is 4.80 Å². The summed E-state index contributed by atoms with van der Waals surface area (Å²) < 4.78 is 13.8. The van der Waals surface area contributed by atoms with Crippen LogP contribution in [-0.4, -0.2) is 23.4 Å². The van der Waals surface area contributed by atoms with E-state index in [4.69, 9.17) is 37.7 Å². The van der Waals surface area contributed by atoms with E-state index in [1.54, 1.807) is 41.5 Å². The van der Waals surface area contributed by atoms with Gasteiger partial charge in [0.1, 0.15) is 12.4 Å². The summed E-state index contributed by atoms with van der Waals surface area (Å²) in [5.41, 5.74) is 3.56. The van der Waals surface area contributed by atoms with Crippen LogP contribution in [0.1, 0.15) is 35.2 Å². The molecule has 0 amide bonds. The predicted molar refractivity (Wildman–Crippen MR) is 187 cm³/mol. The van der Waals surface area contributed by atoms with Crippen LogP contribution in [-0.2, 0) is 16.1 Å². The molecule has 0 unspecified atom stereocenters. The average Bonchev–Trinajstić information content (AvgIpc) is 3.38. The smallest absolute Gasteiger partial charge is 0.338 e. The summed E-state index contributed by atoms with van der Waals surface area (Å²) in [7, 11) is 0. The Labute approximate surface area is 284 Å². The third kappa shape index (κ3) is 6.57. The van der Waals surface area contributed by atoms with Gasteiger partial charge in [-0.1, -0.05) is 101 Å². The number of carbonyl (C=O) groups excluding carboxylic acids is 1. The molecule has 232 valence electrons. The standard InChI is InChI=1S/C36H28Cl2N2O4S2/c1-3-43-35(42)31-32(22-9-5-4-6-10-22)39-36-40(33(31)23-14-17-27(45-2)18-15-23)34(41)30(46-36)19-24-11-7-8-12-29(24)44-21-25-13-16-26(37)20-28(25)38/h4-20,33H,3,21H2,1-2H3/b30-19+/t33-/m1/s1. The minimum atomic E-state index is -0.748. The summed E-state index contributed by atoms with van der Waals surface area (Å²) in [5.74, 6) is 0.0682. The van der Waals surface area contributed by atoms with Crippen molar-refractivity contribution >= 4 is 64.0 Å². The summed E-state index contributed by atoms with van der Waals surface area (Å²) in [5, 5.41) is 1.06. The van der Waals surface area contributed by atoms with E-state index < -0.39 is 12.0 Å². The van der Waals surface area contributed by atoms with E-state index in [1.807, 2.05) is 91.2 Å². The first kappa shape index (κ1) is 31.9. The Morgan fingerprint density at radius 1 is 1.00 bits per heavy atom. The molecule has 0 N–H and O–H groups in total. The normalized spacial score (nSPS) is 14.5. The van der Waals surface area contributed by atoms with Gasteiger partial charge < -0.3 is 9.47 Å². The quantitative estimate of drug-likeness (QED) is 0.118. The maximum absolute atomic E-state index is 14.3. The van der Waals surface area contributed by atoms with E-state index >= 15 is 0 Å². The molecule has 0 saturated carbocycles. The maximum atomic E-state index is 14.3. The van der Waals surface area contributed by atoms with Crippen molar-refractivity contribution in [3.63, 3.8) is 0 Å². The minimum Gasteiger partial charge on any atom is -0.488 e. The Morgan fingerprint density at radius 2 is 1.74 bits per heavy atom. The summed E-state index contributed by atoms with van der Waals surface area (Å²) in [6.07, 6.45) is 3.80. The maximum Gasteiger partial charge on any atom is 0.338 e.